The summed E-state index contributed by atoms with van der Waals surface area (Å²) in [5.74, 6) is 1.44. The zero-order chi connectivity index (χ0) is 20.3. The average Bonchev–Trinajstić information content (AvgIpc) is 3.06. The van der Waals surface area contributed by atoms with Crippen molar-refractivity contribution in [2.75, 3.05) is 13.2 Å². The molecule has 1 N–H and O–H groups in total. The van der Waals surface area contributed by atoms with Crippen LogP contribution in [0.25, 0.3) is 10.9 Å². The van der Waals surface area contributed by atoms with Gasteiger partial charge in [-0.15, -0.1) is 0 Å². The van der Waals surface area contributed by atoms with Crippen LogP contribution in [0, 0.1) is 16.0 Å². The second-order valence-corrected chi connectivity index (χ2v) is 7.01. The van der Waals surface area contributed by atoms with E-state index in [9.17, 15) is 10.1 Å². The Morgan fingerprint density at radius 3 is 2.54 bits per heavy atom. The van der Waals surface area contributed by atoms with Crippen molar-refractivity contribution in [3.63, 3.8) is 0 Å². The number of aromatic amines is 1. The number of nitrogens with zero attached hydrogens (tertiary/aromatic N) is 3. The Kier molecular flexibility index (Phi) is 5.96. The third-order valence-corrected chi connectivity index (χ3v) is 4.68. The summed E-state index contributed by atoms with van der Waals surface area (Å²) in [5.41, 5.74) is 1.84. The number of ether oxygens (including phenoxy) is 2. The fourth-order valence-corrected chi connectivity index (χ4v) is 3.34. The van der Waals surface area contributed by atoms with Crippen LogP contribution < -0.4 is 0 Å². The van der Waals surface area contributed by atoms with Crippen LogP contribution in [0.4, 0.5) is 5.69 Å². The second-order valence-electron chi connectivity index (χ2n) is 7.01. The Hall–Kier alpha value is -2.90. The van der Waals surface area contributed by atoms with Crippen molar-refractivity contribution < 1.29 is 14.4 Å². The predicted molar refractivity (Wildman–Crippen MR) is 109 cm³/mol. The predicted octanol–water partition coefficient (Wildman–Crippen LogP) is 3.90. The normalized spacial score (nSPS) is 19.5. The molecule has 150 valence electrons. The van der Waals surface area contributed by atoms with Gasteiger partial charge in [-0.25, -0.2) is 9.98 Å². The van der Waals surface area contributed by atoms with Gasteiger partial charge in [0, 0.05) is 35.7 Å². The van der Waals surface area contributed by atoms with E-state index < -0.39 is 0 Å². The minimum absolute atomic E-state index is 0.0640. The van der Waals surface area contributed by atoms with Crippen molar-refractivity contribution in [2.45, 2.75) is 46.2 Å². The molecule has 3 rings (SSSR count). The van der Waals surface area contributed by atoms with Crippen LogP contribution in [0.3, 0.4) is 0 Å². The standard InChI is InChI=1S/C20H26N4O4/c1-5-27-19-17(22-20(28-6-2)18(23-19)12(3)4)9-13-11-21-16-8-7-14(24(25)26)10-15(13)16/h7-8,10-12,17-18,21H,5-6,9H2,1-4H3/t17-,18+/m0/s1. The summed E-state index contributed by atoms with van der Waals surface area (Å²) < 4.78 is 11.6. The lowest BCUT2D eigenvalue weighted by atomic mass is 10.00. The maximum atomic E-state index is 11.1. The quantitative estimate of drug-likeness (QED) is 0.601. The van der Waals surface area contributed by atoms with Gasteiger partial charge in [-0.2, -0.15) is 0 Å². The molecular weight excluding hydrogens is 360 g/mol. The van der Waals surface area contributed by atoms with E-state index in [1.807, 2.05) is 20.0 Å². The highest BCUT2D eigenvalue weighted by Crippen LogP contribution is 2.27. The molecule has 1 aliphatic heterocycles. The Morgan fingerprint density at radius 2 is 1.89 bits per heavy atom. The maximum absolute atomic E-state index is 11.1. The number of hydrogen-bond acceptors (Lipinski definition) is 6. The monoisotopic (exact) mass is 386 g/mol. The first-order chi connectivity index (χ1) is 13.4. The van der Waals surface area contributed by atoms with Gasteiger partial charge in [-0.1, -0.05) is 13.8 Å². The molecular formula is C20H26N4O4. The number of rotatable bonds is 6. The number of non-ortho nitro benzene ring substituents is 1. The largest absolute Gasteiger partial charge is 0.480 e. The van der Waals surface area contributed by atoms with E-state index in [-0.39, 0.29) is 28.6 Å². The van der Waals surface area contributed by atoms with E-state index in [1.165, 1.54) is 6.07 Å². The minimum atomic E-state index is -0.386. The molecule has 8 nitrogen and oxygen atoms in total. The van der Waals surface area contributed by atoms with E-state index in [0.717, 1.165) is 16.5 Å². The number of fused-ring (bicyclic) bond motifs is 1. The van der Waals surface area contributed by atoms with Crippen LogP contribution in [0.5, 0.6) is 0 Å². The first-order valence-electron chi connectivity index (χ1n) is 9.59. The van der Waals surface area contributed by atoms with Crippen molar-refractivity contribution in [1.29, 1.82) is 0 Å². The Morgan fingerprint density at radius 1 is 1.18 bits per heavy atom. The van der Waals surface area contributed by atoms with Gasteiger partial charge in [0.2, 0.25) is 11.8 Å². The van der Waals surface area contributed by atoms with Gasteiger partial charge in [0.25, 0.3) is 5.69 Å². The number of nitrogens with one attached hydrogen (secondary N) is 1. The molecule has 0 unspecified atom stereocenters. The number of benzene rings is 1. The first kappa shape index (κ1) is 19.9. The van der Waals surface area contributed by atoms with Gasteiger partial charge in [-0.05, 0) is 31.4 Å². The molecule has 0 aliphatic carbocycles. The summed E-state index contributed by atoms with van der Waals surface area (Å²) >= 11 is 0. The van der Waals surface area contributed by atoms with Crippen LogP contribution in [0.15, 0.2) is 34.4 Å². The molecule has 1 aromatic carbocycles. The lowest BCUT2D eigenvalue weighted by molar-refractivity contribution is -0.384. The Labute approximate surface area is 163 Å². The second kappa shape index (κ2) is 8.41. The van der Waals surface area contributed by atoms with E-state index in [0.29, 0.717) is 31.4 Å². The molecule has 8 heteroatoms. The number of aromatic nitrogens is 1. The van der Waals surface area contributed by atoms with Crippen molar-refractivity contribution in [1.82, 2.24) is 4.98 Å². The molecule has 28 heavy (non-hydrogen) atoms. The van der Waals surface area contributed by atoms with Crippen LogP contribution >= 0.6 is 0 Å². The number of H-pyrrole nitrogens is 1. The molecule has 0 radical (unpaired) electrons. The lowest BCUT2D eigenvalue weighted by Gasteiger charge is -2.28. The molecule has 2 heterocycles. The number of nitro benzene ring substituents is 1. The molecule has 0 bridgehead atoms. The summed E-state index contributed by atoms with van der Waals surface area (Å²) in [6.45, 7) is 9.01. The highest BCUT2D eigenvalue weighted by Gasteiger charge is 2.32. The molecule has 0 amide bonds. The van der Waals surface area contributed by atoms with Gasteiger partial charge in [0.15, 0.2) is 0 Å². The van der Waals surface area contributed by atoms with Crippen LogP contribution in [0.2, 0.25) is 0 Å². The number of aliphatic imine (C=N–C) groups is 2. The van der Waals surface area contributed by atoms with Gasteiger partial charge >= 0.3 is 0 Å². The molecule has 1 aliphatic rings. The number of hydrogen-bond donors (Lipinski definition) is 1. The molecule has 0 spiro atoms. The van der Waals surface area contributed by atoms with Gasteiger partial charge < -0.3 is 14.5 Å². The first-order valence-corrected chi connectivity index (χ1v) is 9.59. The van der Waals surface area contributed by atoms with Gasteiger partial charge in [0.05, 0.1) is 18.1 Å². The maximum Gasteiger partial charge on any atom is 0.270 e. The van der Waals surface area contributed by atoms with Crippen LogP contribution in [0.1, 0.15) is 33.3 Å². The molecule has 0 saturated carbocycles. The highest BCUT2D eigenvalue weighted by atomic mass is 16.6. The zero-order valence-corrected chi connectivity index (χ0v) is 16.6. The van der Waals surface area contributed by atoms with E-state index in [1.54, 1.807) is 12.1 Å². The lowest BCUT2D eigenvalue weighted by Crippen LogP contribution is -2.39. The Balaban J connectivity index is 1.96. The minimum Gasteiger partial charge on any atom is -0.480 e. The van der Waals surface area contributed by atoms with Gasteiger partial charge in [0.1, 0.15) is 12.1 Å². The molecule has 0 fully saturated rings. The van der Waals surface area contributed by atoms with E-state index in [2.05, 4.69) is 18.8 Å². The Bertz CT molecular complexity index is 916. The van der Waals surface area contributed by atoms with E-state index in [4.69, 9.17) is 19.5 Å². The van der Waals surface area contributed by atoms with Crippen molar-refractivity contribution in [3.05, 3.63) is 40.1 Å². The smallest absolute Gasteiger partial charge is 0.270 e. The average molecular weight is 386 g/mol. The van der Waals surface area contributed by atoms with Crippen molar-refractivity contribution >= 4 is 28.4 Å². The molecule has 2 aromatic rings. The van der Waals surface area contributed by atoms with Crippen LogP contribution in [-0.2, 0) is 15.9 Å². The molecule has 1 aromatic heterocycles. The fourth-order valence-electron chi connectivity index (χ4n) is 3.34. The topological polar surface area (TPSA) is 102 Å². The van der Waals surface area contributed by atoms with Crippen molar-refractivity contribution in [2.24, 2.45) is 15.9 Å². The summed E-state index contributed by atoms with van der Waals surface area (Å²) in [4.78, 5) is 23.5. The zero-order valence-electron chi connectivity index (χ0n) is 16.6. The van der Waals surface area contributed by atoms with Crippen LogP contribution in [-0.4, -0.2) is 47.0 Å². The summed E-state index contributed by atoms with van der Waals surface area (Å²) in [6, 6.07) is 4.32. The number of nitro groups is 1. The van der Waals surface area contributed by atoms with Crippen molar-refractivity contribution in [3.8, 4) is 0 Å². The van der Waals surface area contributed by atoms with Gasteiger partial charge in [-0.3, -0.25) is 10.1 Å². The molecule has 0 saturated heterocycles. The SMILES string of the molecule is CCOC1=N[C@H](C(C)C)C(OCC)=N[C@H]1Cc1c[nH]c2ccc([N+](=O)[O-])cc12. The summed E-state index contributed by atoms with van der Waals surface area (Å²) in [5, 5.41) is 11.9. The van der Waals surface area contributed by atoms with E-state index >= 15 is 0 Å². The fraction of sp³-hybridized carbons (Fsp3) is 0.500. The highest BCUT2D eigenvalue weighted by molar-refractivity contribution is 5.95. The third kappa shape index (κ3) is 4.00. The third-order valence-electron chi connectivity index (χ3n) is 4.68. The summed E-state index contributed by atoms with van der Waals surface area (Å²) in [7, 11) is 0. The molecule has 2 atom stereocenters. The summed E-state index contributed by atoms with van der Waals surface area (Å²) in [6.07, 6.45) is 2.38.